The number of thiazole rings is 1. The number of amides is 2. The van der Waals surface area contributed by atoms with Crippen molar-refractivity contribution in [3.63, 3.8) is 0 Å². The van der Waals surface area contributed by atoms with E-state index in [1.165, 1.54) is 0 Å². The Labute approximate surface area is 190 Å². The van der Waals surface area contributed by atoms with Crippen molar-refractivity contribution in [3.8, 4) is 11.3 Å². The minimum absolute atomic E-state index is 0.306. The molecule has 2 N–H and O–H groups in total. The summed E-state index contributed by atoms with van der Waals surface area (Å²) in [6.07, 6.45) is -0.552. The molecular weight excluding hydrogens is 416 g/mol. The second-order valence-electron chi connectivity index (χ2n) is 7.71. The van der Waals surface area contributed by atoms with Crippen LogP contribution in [0.5, 0.6) is 0 Å². The van der Waals surface area contributed by atoms with Crippen LogP contribution in [0.3, 0.4) is 0 Å². The first-order chi connectivity index (χ1) is 15.6. The Morgan fingerprint density at radius 2 is 1.66 bits per heavy atom. The monoisotopic (exact) mass is 438 g/mol. The number of carbonyl (C=O) groups excluding carboxylic acids is 1. The van der Waals surface area contributed by atoms with Crippen LogP contribution < -0.4 is 10.6 Å². The van der Waals surface area contributed by atoms with Crippen molar-refractivity contribution in [1.82, 2.24) is 10.3 Å². The van der Waals surface area contributed by atoms with Crippen LogP contribution in [0.1, 0.15) is 32.7 Å². The van der Waals surface area contributed by atoms with E-state index in [1.807, 2.05) is 80.6 Å². The quantitative estimate of drug-likeness (QED) is 0.406. The van der Waals surface area contributed by atoms with Crippen molar-refractivity contribution in [2.45, 2.75) is 20.0 Å². The third kappa shape index (κ3) is 3.92. The molecule has 0 spiro atoms. The fourth-order valence-electron chi connectivity index (χ4n) is 3.91. The molecule has 5 nitrogen and oxygen atoms in total. The van der Waals surface area contributed by atoms with Crippen LogP contribution in [0.4, 0.5) is 10.5 Å². The standard InChI is InChI=1S/C26H22N4OS/c1-16-9-8-12-19(15-16)28-26(31)30-25-24-23(27-17(2)32-24)21-14-7-6-13-20(21)22(29-25)18-10-4-3-5-11-18/h3-15,25H,1-2H3,(H2,28,30,31). The van der Waals surface area contributed by atoms with Crippen LogP contribution in [0.15, 0.2) is 83.9 Å². The largest absolute Gasteiger partial charge is 0.321 e. The number of anilines is 1. The molecule has 0 saturated carbocycles. The van der Waals surface area contributed by atoms with E-state index in [2.05, 4.69) is 22.8 Å². The number of rotatable bonds is 3. The highest BCUT2D eigenvalue weighted by Crippen LogP contribution is 2.39. The SMILES string of the molecule is Cc1cccc(NC(=O)NC2N=C(c3ccccc3)c3ccccc3-c3nc(C)sc32)c1. The Morgan fingerprint density at radius 1 is 0.906 bits per heavy atom. The molecule has 2 heterocycles. The summed E-state index contributed by atoms with van der Waals surface area (Å²) in [6, 6.07) is 25.6. The first-order valence-corrected chi connectivity index (χ1v) is 11.2. The van der Waals surface area contributed by atoms with Gasteiger partial charge in [-0.05, 0) is 31.5 Å². The summed E-state index contributed by atoms with van der Waals surface area (Å²) in [7, 11) is 0. The number of benzene rings is 3. The second kappa shape index (κ2) is 8.40. The molecule has 2 amide bonds. The highest BCUT2D eigenvalue weighted by molar-refractivity contribution is 7.12. The number of fused-ring (bicyclic) bond motifs is 3. The molecule has 1 atom stereocenters. The Balaban J connectivity index is 1.58. The van der Waals surface area contributed by atoms with E-state index in [9.17, 15) is 4.79 Å². The lowest BCUT2D eigenvalue weighted by molar-refractivity contribution is 0.249. The summed E-state index contributed by atoms with van der Waals surface area (Å²) in [5.41, 5.74) is 6.57. The second-order valence-corrected chi connectivity index (χ2v) is 8.94. The Bertz CT molecular complexity index is 1330. The summed E-state index contributed by atoms with van der Waals surface area (Å²) in [6.45, 7) is 3.97. The molecular formula is C26H22N4OS. The van der Waals surface area contributed by atoms with Crippen molar-refractivity contribution in [2.24, 2.45) is 4.99 Å². The van der Waals surface area contributed by atoms with E-state index in [1.54, 1.807) is 11.3 Å². The first-order valence-electron chi connectivity index (χ1n) is 10.4. The zero-order valence-corrected chi connectivity index (χ0v) is 18.6. The molecule has 0 saturated heterocycles. The van der Waals surface area contributed by atoms with Gasteiger partial charge in [-0.1, -0.05) is 66.7 Å². The number of urea groups is 1. The van der Waals surface area contributed by atoms with Crippen molar-refractivity contribution >= 4 is 28.8 Å². The van der Waals surface area contributed by atoms with Crippen molar-refractivity contribution in [3.05, 3.63) is 105 Å². The Morgan fingerprint density at radius 3 is 2.44 bits per heavy atom. The molecule has 4 aromatic rings. The van der Waals surface area contributed by atoms with E-state index in [-0.39, 0.29) is 6.03 Å². The molecule has 3 aromatic carbocycles. The predicted molar refractivity (Wildman–Crippen MR) is 130 cm³/mol. The number of nitrogens with zero attached hydrogens (tertiary/aromatic N) is 2. The summed E-state index contributed by atoms with van der Waals surface area (Å²) < 4.78 is 0. The number of hydrogen-bond acceptors (Lipinski definition) is 4. The van der Waals surface area contributed by atoms with Crippen LogP contribution in [0, 0.1) is 13.8 Å². The third-order valence-electron chi connectivity index (χ3n) is 5.30. The van der Waals surface area contributed by atoms with Gasteiger partial charge in [0, 0.05) is 22.4 Å². The molecule has 0 aliphatic carbocycles. The lowest BCUT2D eigenvalue weighted by atomic mass is 9.96. The van der Waals surface area contributed by atoms with Gasteiger partial charge < -0.3 is 10.6 Å². The fourth-order valence-corrected chi connectivity index (χ4v) is 4.84. The number of aliphatic imine (C=N–C) groups is 1. The average Bonchev–Trinajstić information content (AvgIpc) is 3.13. The van der Waals surface area contributed by atoms with Crippen LogP contribution in [0.25, 0.3) is 11.3 Å². The molecule has 6 heteroatoms. The molecule has 32 heavy (non-hydrogen) atoms. The highest BCUT2D eigenvalue weighted by atomic mass is 32.1. The smallest absolute Gasteiger partial charge is 0.311 e. The minimum Gasteiger partial charge on any atom is -0.311 e. The average molecular weight is 439 g/mol. The topological polar surface area (TPSA) is 66.4 Å². The third-order valence-corrected chi connectivity index (χ3v) is 6.32. The lowest BCUT2D eigenvalue weighted by Crippen LogP contribution is -2.32. The Hall–Kier alpha value is -3.77. The Kier molecular flexibility index (Phi) is 5.29. The molecule has 0 radical (unpaired) electrons. The summed E-state index contributed by atoms with van der Waals surface area (Å²) in [4.78, 5) is 23.7. The number of nitrogens with one attached hydrogen (secondary N) is 2. The van der Waals surface area contributed by atoms with Gasteiger partial charge in [0.2, 0.25) is 0 Å². The van der Waals surface area contributed by atoms with Crippen LogP contribution in [0.2, 0.25) is 0 Å². The van der Waals surface area contributed by atoms with E-state index in [4.69, 9.17) is 9.98 Å². The zero-order valence-electron chi connectivity index (χ0n) is 17.8. The van der Waals surface area contributed by atoms with Crippen LogP contribution in [-0.4, -0.2) is 16.7 Å². The molecule has 0 fully saturated rings. The van der Waals surface area contributed by atoms with Gasteiger partial charge in [0.15, 0.2) is 6.17 Å². The highest BCUT2D eigenvalue weighted by Gasteiger charge is 2.28. The normalized spacial score (nSPS) is 14.6. The van der Waals surface area contributed by atoms with E-state index in [0.717, 1.165) is 49.2 Å². The molecule has 0 bridgehead atoms. The van der Waals surface area contributed by atoms with E-state index < -0.39 is 6.17 Å². The number of aromatic nitrogens is 1. The van der Waals surface area contributed by atoms with Gasteiger partial charge in [-0.2, -0.15) is 0 Å². The predicted octanol–water partition coefficient (Wildman–Crippen LogP) is 6.10. The molecule has 1 aromatic heterocycles. The molecule has 158 valence electrons. The van der Waals surface area contributed by atoms with Crippen molar-refractivity contribution < 1.29 is 4.79 Å². The molecule has 1 aliphatic heterocycles. The summed E-state index contributed by atoms with van der Waals surface area (Å²) in [5, 5.41) is 6.93. The van der Waals surface area contributed by atoms with Gasteiger partial charge in [0.25, 0.3) is 0 Å². The molecule has 1 aliphatic rings. The van der Waals surface area contributed by atoms with Gasteiger partial charge in [-0.25, -0.2) is 9.78 Å². The lowest BCUT2D eigenvalue weighted by Gasteiger charge is -2.15. The molecule has 1 unspecified atom stereocenters. The maximum atomic E-state index is 12.9. The van der Waals surface area contributed by atoms with Crippen molar-refractivity contribution in [1.29, 1.82) is 0 Å². The van der Waals surface area contributed by atoms with Crippen LogP contribution in [-0.2, 0) is 0 Å². The number of hydrogen-bond donors (Lipinski definition) is 2. The van der Waals surface area contributed by atoms with Gasteiger partial charge in [0.05, 0.1) is 21.3 Å². The number of aryl methyl sites for hydroxylation is 2. The fraction of sp³-hybridized carbons (Fsp3) is 0.115. The number of carbonyl (C=O) groups is 1. The minimum atomic E-state index is -0.552. The maximum Gasteiger partial charge on any atom is 0.321 e. The van der Waals surface area contributed by atoms with Gasteiger partial charge in [0.1, 0.15) is 0 Å². The van der Waals surface area contributed by atoms with E-state index >= 15 is 0 Å². The van der Waals surface area contributed by atoms with E-state index in [0.29, 0.717) is 0 Å². The van der Waals surface area contributed by atoms with Gasteiger partial charge in [-0.3, -0.25) is 4.99 Å². The van der Waals surface area contributed by atoms with Gasteiger partial charge in [-0.15, -0.1) is 11.3 Å². The summed E-state index contributed by atoms with van der Waals surface area (Å²) >= 11 is 1.56. The first kappa shape index (κ1) is 20.2. The van der Waals surface area contributed by atoms with Crippen LogP contribution >= 0.6 is 11.3 Å². The summed E-state index contributed by atoms with van der Waals surface area (Å²) in [5.74, 6) is 0. The zero-order chi connectivity index (χ0) is 22.1. The molecule has 5 rings (SSSR count). The maximum absolute atomic E-state index is 12.9. The van der Waals surface area contributed by atoms with Crippen molar-refractivity contribution in [2.75, 3.05) is 5.32 Å². The van der Waals surface area contributed by atoms with Gasteiger partial charge >= 0.3 is 6.03 Å².